The summed E-state index contributed by atoms with van der Waals surface area (Å²) in [5.74, 6) is -1.76. The number of phenols is 1. The van der Waals surface area contributed by atoms with Crippen LogP contribution in [0.1, 0.15) is 32.1 Å². The van der Waals surface area contributed by atoms with E-state index < -0.39 is 84.6 Å². The molecule has 3 aromatic rings. The Morgan fingerprint density at radius 3 is 2.30 bits per heavy atom. The predicted octanol–water partition coefficient (Wildman–Crippen LogP) is -0.175. The summed E-state index contributed by atoms with van der Waals surface area (Å²) in [4.78, 5) is 84.7. The second kappa shape index (κ2) is 21.8. The number of amides is 2. The number of nitrogens with zero attached hydrogens (tertiary/aromatic N) is 4. The van der Waals surface area contributed by atoms with Crippen LogP contribution in [0.3, 0.4) is 0 Å². The average molecular weight is 932 g/mol. The highest BCUT2D eigenvalue weighted by atomic mass is 32.1. The summed E-state index contributed by atoms with van der Waals surface area (Å²) in [6, 6.07) is 6.27. The minimum Gasteiger partial charge on any atom is -0.508 e. The number of aromatic nitrogens is 4. The predicted molar refractivity (Wildman–Crippen MR) is 208 cm³/mol. The molecule has 26 nitrogen and oxygen atoms in total. The number of anilines is 1. The Kier molecular flexibility index (Phi) is 18.3. The Balaban J connectivity index is 0.000000685. The lowest BCUT2D eigenvalue weighted by Crippen LogP contribution is -2.46. The molecule has 1 fully saturated rings. The van der Waals surface area contributed by atoms with Crippen molar-refractivity contribution < 1.29 is 90.7 Å². The van der Waals surface area contributed by atoms with Gasteiger partial charge >= 0.3 is 29.4 Å². The molecule has 334 valence electrons. The zero-order chi connectivity index (χ0) is 45.1. The standard InChI is InChI=1S/C21H36N7O16P3S.C9H8O3/c1-21(2,16(31)19(32)24-4-3-12(29)23-5-6-48)8-41-47(38,39)44-46(36,37)40-7-11-15(43-45(33,34)35)14(30)20(42-11)28-10-27-13-17(22)25-9-26-18(13)28;10-8-4-1-7(2-5-8)3-6-9(11)12/h9-11,14-16,20,30-31,48H,3-8H2,1-2H3,(H,23,29)(H,24,32)(H,36,37)(H,38,39)(H2,22,25,26)(H2,33,34,35);1-6,10H,(H,11,12)/t11-,14-,15-,16+,20-;/m1./s1. The average Bonchev–Trinajstić information content (AvgIpc) is 3.72. The normalized spacial score (nSPS) is 20.8. The molecule has 2 aromatic heterocycles. The number of thiol groups is 1. The van der Waals surface area contributed by atoms with E-state index in [9.17, 15) is 57.9 Å². The van der Waals surface area contributed by atoms with E-state index in [1.807, 2.05) is 0 Å². The molecule has 2 unspecified atom stereocenters. The number of hydrogen-bond acceptors (Lipinski definition) is 19. The van der Waals surface area contributed by atoms with E-state index in [0.29, 0.717) is 12.3 Å². The maximum atomic E-state index is 12.6. The highest BCUT2D eigenvalue weighted by Gasteiger charge is 2.50. The number of imidazole rings is 1. The Morgan fingerprint density at radius 1 is 1.03 bits per heavy atom. The number of phosphoric acid groups is 3. The van der Waals surface area contributed by atoms with Crippen LogP contribution in [0.5, 0.6) is 5.75 Å². The lowest BCUT2D eigenvalue weighted by atomic mass is 9.87. The van der Waals surface area contributed by atoms with Gasteiger partial charge in [-0.05, 0) is 23.8 Å². The first kappa shape index (κ1) is 50.5. The van der Waals surface area contributed by atoms with E-state index in [1.54, 1.807) is 12.1 Å². The highest BCUT2D eigenvalue weighted by Crippen LogP contribution is 2.61. The summed E-state index contributed by atoms with van der Waals surface area (Å²) < 4.78 is 61.7. The molecule has 1 aromatic carbocycles. The summed E-state index contributed by atoms with van der Waals surface area (Å²) in [6.07, 6.45) is -4.23. The first-order chi connectivity index (χ1) is 27.8. The minimum absolute atomic E-state index is 0.0363. The van der Waals surface area contributed by atoms with Crippen molar-refractivity contribution in [3.05, 3.63) is 48.6 Å². The Hall–Kier alpha value is -3.88. The van der Waals surface area contributed by atoms with E-state index in [0.717, 1.165) is 28.9 Å². The molecule has 1 aliphatic rings. The molecular weight excluding hydrogens is 887 g/mol. The number of carbonyl (C=O) groups excluding carboxylic acids is 2. The van der Waals surface area contributed by atoms with E-state index >= 15 is 0 Å². The number of hydrogen-bond donors (Lipinski definition) is 12. The molecule has 30 heteroatoms. The minimum atomic E-state index is -5.54. The van der Waals surface area contributed by atoms with Crippen LogP contribution in [-0.2, 0) is 50.7 Å². The molecule has 0 bridgehead atoms. The zero-order valence-corrected chi connectivity index (χ0v) is 35.0. The summed E-state index contributed by atoms with van der Waals surface area (Å²) in [6.45, 7) is 0.723. The van der Waals surface area contributed by atoms with Gasteiger partial charge in [0.2, 0.25) is 11.8 Å². The topological polar surface area (TPSA) is 404 Å². The van der Waals surface area contributed by atoms with Gasteiger partial charge in [0.05, 0.1) is 19.5 Å². The van der Waals surface area contributed by atoms with E-state index in [4.69, 9.17) is 29.7 Å². The summed E-state index contributed by atoms with van der Waals surface area (Å²) in [7, 11) is -16.3. The van der Waals surface area contributed by atoms with E-state index in [1.165, 1.54) is 32.1 Å². The fourth-order valence-corrected chi connectivity index (χ4v) is 7.83. The van der Waals surface area contributed by atoms with Crippen molar-refractivity contribution in [3.8, 4) is 5.75 Å². The number of aliphatic hydroxyl groups excluding tert-OH is 2. The number of ether oxygens (including phenoxy) is 1. The number of aromatic hydroxyl groups is 1. The number of rotatable bonds is 20. The van der Waals surface area contributed by atoms with Gasteiger partial charge in [-0.3, -0.25) is 27.7 Å². The Bertz CT molecular complexity index is 2120. The number of phenolic OH excluding ortho intramolecular Hbond substituents is 1. The van der Waals surface area contributed by atoms with Crippen LogP contribution in [0.15, 0.2) is 43.0 Å². The Morgan fingerprint density at radius 2 is 1.68 bits per heavy atom. The second-order valence-electron chi connectivity index (χ2n) is 13.1. The van der Waals surface area contributed by atoms with Crippen molar-refractivity contribution in [3.63, 3.8) is 0 Å². The van der Waals surface area contributed by atoms with Crippen LogP contribution in [0.2, 0.25) is 0 Å². The van der Waals surface area contributed by atoms with E-state index in [-0.39, 0.29) is 41.6 Å². The van der Waals surface area contributed by atoms with Gasteiger partial charge in [0, 0.05) is 36.8 Å². The largest absolute Gasteiger partial charge is 0.508 e. The SMILES string of the molecule is CC(C)(COP(=O)(O)OP(=O)(O)OC[C@H]1O[C@@H](n2cnc3c(N)ncnc32)[C@H](O)[C@@H]1OP(=O)(O)O)[C@@H](O)C(=O)NCCC(=O)NCCS.O=C(O)C=Cc1ccc(O)cc1. The lowest BCUT2D eigenvalue weighted by Gasteiger charge is -2.30. The zero-order valence-electron chi connectivity index (χ0n) is 31.5. The van der Waals surface area contributed by atoms with Gasteiger partial charge in [-0.2, -0.15) is 16.9 Å². The molecular formula is C30H44N7O19P3S. The summed E-state index contributed by atoms with van der Waals surface area (Å²) in [5.41, 5.74) is 5.04. The number of nitrogens with one attached hydrogen (secondary N) is 2. The number of carboxylic acid groups (broad SMARTS) is 1. The number of nitrogens with two attached hydrogens (primary N) is 1. The van der Waals surface area contributed by atoms with Gasteiger partial charge < -0.3 is 61.1 Å². The van der Waals surface area contributed by atoms with Crippen molar-refractivity contribution in [2.24, 2.45) is 5.41 Å². The van der Waals surface area contributed by atoms with Crippen LogP contribution in [0, 0.1) is 5.41 Å². The Labute approximate surface area is 345 Å². The molecule has 60 heavy (non-hydrogen) atoms. The summed E-state index contributed by atoms with van der Waals surface area (Å²) >= 11 is 3.95. The summed E-state index contributed by atoms with van der Waals surface area (Å²) in [5, 5.41) is 43.3. The molecule has 0 radical (unpaired) electrons. The van der Waals surface area contributed by atoms with Crippen LogP contribution in [0.4, 0.5) is 5.82 Å². The third-order valence-electron chi connectivity index (χ3n) is 7.82. The van der Waals surface area contributed by atoms with E-state index in [2.05, 4.69) is 47.0 Å². The number of nitrogen functional groups attached to an aromatic ring is 1. The number of phosphoric ester groups is 3. The number of fused-ring (bicyclic) bond motifs is 1. The number of carboxylic acids is 1. The fraction of sp³-hybridized carbons (Fsp3) is 0.467. The van der Waals surface area contributed by atoms with Crippen molar-refractivity contribution >= 4 is 76.9 Å². The second-order valence-corrected chi connectivity index (χ2v) is 17.7. The molecule has 2 amide bonds. The fourth-order valence-electron chi connectivity index (χ4n) is 4.89. The first-order valence-corrected chi connectivity index (χ1v) is 22.2. The highest BCUT2D eigenvalue weighted by molar-refractivity contribution is 7.80. The number of carbonyl (C=O) groups is 3. The van der Waals surface area contributed by atoms with Gasteiger partial charge in [-0.25, -0.2) is 33.4 Å². The molecule has 0 saturated carbocycles. The van der Waals surface area contributed by atoms with Crippen molar-refractivity contribution in [2.45, 2.75) is 50.9 Å². The number of aliphatic carboxylic acids is 1. The lowest BCUT2D eigenvalue weighted by molar-refractivity contribution is -0.137. The molecule has 3 heterocycles. The molecule has 0 spiro atoms. The van der Waals surface area contributed by atoms with Gasteiger partial charge in [-0.15, -0.1) is 0 Å². The molecule has 0 aliphatic carbocycles. The maximum absolute atomic E-state index is 12.6. The number of aliphatic hydroxyl groups is 2. The molecule has 4 rings (SSSR count). The number of benzene rings is 1. The van der Waals surface area contributed by atoms with Gasteiger partial charge in [0.15, 0.2) is 17.7 Å². The van der Waals surface area contributed by atoms with Crippen LogP contribution < -0.4 is 16.4 Å². The third kappa shape index (κ3) is 15.9. The maximum Gasteiger partial charge on any atom is 0.481 e. The van der Waals surface area contributed by atoms with Crippen LogP contribution >= 0.6 is 36.1 Å². The molecule has 1 saturated heterocycles. The monoisotopic (exact) mass is 931 g/mol. The smallest absolute Gasteiger partial charge is 0.481 e. The van der Waals surface area contributed by atoms with Gasteiger partial charge in [0.1, 0.15) is 42.0 Å². The van der Waals surface area contributed by atoms with Gasteiger partial charge in [-0.1, -0.05) is 26.0 Å². The molecule has 12 N–H and O–H groups in total. The quantitative estimate of drug-likeness (QED) is 0.0397. The van der Waals surface area contributed by atoms with Crippen molar-refractivity contribution in [1.82, 2.24) is 30.2 Å². The van der Waals surface area contributed by atoms with Gasteiger partial charge in [0.25, 0.3) is 0 Å². The molecule has 1 aliphatic heterocycles. The van der Waals surface area contributed by atoms with Crippen LogP contribution in [-0.4, -0.2) is 134 Å². The third-order valence-corrected chi connectivity index (χ3v) is 11.1. The molecule has 7 atom stereocenters. The van der Waals surface area contributed by atoms with Crippen LogP contribution in [0.25, 0.3) is 17.2 Å². The van der Waals surface area contributed by atoms with Crippen molar-refractivity contribution in [2.75, 3.05) is 37.8 Å². The van der Waals surface area contributed by atoms with Crippen molar-refractivity contribution in [1.29, 1.82) is 0 Å². The first-order valence-electron chi connectivity index (χ1n) is 17.0.